The van der Waals surface area contributed by atoms with E-state index in [2.05, 4.69) is 10.3 Å². The number of fused-ring (bicyclic) bond motifs is 1. The van der Waals surface area contributed by atoms with Gasteiger partial charge in [-0.15, -0.1) is 0 Å². The zero-order chi connectivity index (χ0) is 24.2. The standard InChI is InChI=1S/C22H27ClN4O4S2/c1-5-26(6-2)33(29,30)16-9-10-19-17(13-16)25-22(27(19)7-3)32-14-21(28)24-18-12-15(23)8-11-20(18)31-4/h8-13H,5-7,14H2,1-4H3,(H,24,28). The molecule has 0 saturated heterocycles. The molecule has 0 radical (unpaired) electrons. The van der Waals surface area contributed by atoms with Crippen LogP contribution in [0.2, 0.25) is 5.02 Å². The van der Waals surface area contributed by atoms with Gasteiger partial charge >= 0.3 is 0 Å². The van der Waals surface area contributed by atoms with Crippen molar-refractivity contribution in [2.24, 2.45) is 0 Å². The summed E-state index contributed by atoms with van der Waals surface area (Å²) < 4.78 is 34.4. The highest BCUT2D eigenvalue weighted by molar-refractivity contribution is 7.99. The Hall–Kier alpha value is -2.27. The third kappa shape index (κ3) is 5.46. The molecule has 0 atom stereocenters. The molecule has 0 aliphatic heterocycles. The molecule has 1 heterocycles. The van der Waals surface area contributed by atoms with E-state index in [1.807, 2.05) is 25.3 Å². The van der Waals surface area contributed by atoms with Gasteiger partial charge in [-0.05, 0) is 43.3 Å². The number of sulfonamides is 1. The Bertz CT molecular complexity index is 1260. The van der Waals surface area contributed by atoms with Gasteiger partial charge in [0.2, 0.25) is 15.9 Å². The van der Waals surface area contributed by atoms with Crippen molar-refractivity contribution in [2.75, 3.05) is 31.3 Å². The molecule has 0 spiro atoms. The highest BCUT2D eigenvalue weighted by Crippen LogP contribution is 2.29. The fourth-order valence-corrected chi connectivity index (χ4v) is 6.00. The van der Waals surface area contributed by atoms with E-state index in [1.54, 1.807) is 36.4 Å². The van der Waals surface area contributed by atoms with Gasteiger partial charge in [0, 0.05) is 24.7 Å². The normalized spacial score (nSPS) is 11.8. The van der Waals surface area contributed by atoms with E-state index in [4.69, 9.17) is 16.3 Å². The maximum atomic E-state index is 12.9. The topological polar surface area (TPSA) is 93.5 Å². The summed E-state index contributed by atoms with van der Waals surface area (Å²) in [6, 6.07) is 9.96. The Labute approximate surface area is 203 Å². The SMILES string of the molecule is CCN(CC)S(=O)(=O)c1ccc2c(c1)nc(SCC(=O)Nc1cc(Cl)ccc1OC)n2CC. The van der Waals surface area contributed by atoms with Crippen LogP contribution in [-0.4, -0.2) is 54.1 Å². The number of anilines is 1. The van der Waals surface area contributed by atoms with Gasteiger partial charge in [-0.3, -0.25) is 4.79 Å². The molecule has 0 aliphatic rings. The number of carbonyl (C=O) groups excluding carboxylic acids is 1. The number of halogens is 1. The molecule has 33 heavy (non-hydrogen) atoms. The monoisotopic (exact) mass is 510 g/mol. The number of nitrogens with zero attached hydrogens (tertiary/aromatic N) is 3. The van der Waals surface area contributed by atoms with Crippen LogP contribution < -0.4 is 10.1 Å². The van der Waals surface area contributed by atoms with E-state index in [1.165, 1.54) is 23.2 Å². The molecular formula is C22H27ClN4O4S2. The second-order valence-electron chi connectivity index (χ2n) is 7.06. The molecule has 178 valence electrons. The fourth-order valence-electron chi connectivity index (χ4n) is 3.47. The Morgan fingerprint density at radius 3 is 2.55 bits per heavy atom. The summed E-state index contributed by atoms with van der Waals surface area (Å²) in [4.78, 5) is 17.4. The molecule has 1 aromatic heterocycles. The van der Waals surface area contributed by atoms with Crippen molar-refractivity contribution in [3.63, 3.8) is 0 Å². The average Bonchev–Trinajstić information content (AvgIpc) is 3.15. The Kier molecular flexibility index (Phi) is 8.28. The second kappa shape index (κ2) is 10.8. The van der Waals surface area contributed by atoms with Gasteiger partial charge in [-0.2, -0.15) is 4.31 Å². The summed E-state index contributed by atoms with van der Waals surface area (Å²) in [5, 5.41) is 3.93. The molecule has 0 saturated carbocycles. The van der Waals surface area contributed by atoms with Crippen LogP contribution in [0.4, 0.5) is 5.69 Å². The molecule has 11 heteroatoms. The van der Waals surface area contributed by atoms with Crippen LogP contribution in [0.15, 0.2) is 46.5 Å². The number of carbonyl (C=O) groups is 1. The van der Waals surface area contributed by atoms with Crippen LogP contribution >= 0.6 is 23.4 Å². The number of thioether (sulfide) groups is 1. The predicted octanol–water partition coefficient (Wildman–Crippen LogP) is 4.48. The van der Waals surface area contributed by atoms with Crippen molar-refractivity contribution in [1.82, 2.24) is 13.9 Å². The molecule has 8 nitrogen and oxygen atoms in total. The van der Waals surface area contributed by atoms with Crippen LogP contribution in [0.25, 0.3) is 11.0 Å². The molecule has 3 rings (SSSR count). The van der Waals surface area contributed by atoms with Gasteiger partial charge in [0.15, 0.2) is 5.16 Å². The summed E-state index contributed by atoms with van der Waals surface area (Å²) in [6.45, 7) is 7.02. The van der Waals surface area contributed by atoms with Crippen LogP contribution in [0, 0.1) is 0 Å². The van der Waals surface area contributed by atoms with Crippen LogP contribution in [0.5, 0.6) is 5.75 Å². The molecule has 0 aliphatic carbocycles. The lowest BCUT2D eigenvalue weighted by molar-refractivity contribution is -0.113. The molecule has 0 fully saturated rings. The largest absolute Gasteiger partial charge is 0.495 e. The van der Waals surface area contributed by atoms with E-state index in [0.29, 0.717) is 46.8 Å². The average molecular weight is 511 g/mol. The number of ether oxygens (including phenoxy) is 1. The van der Waals surface area contributed by atoms with Gasteiger partial charge in [-0.1, -0.05) is 37.2 Å². The number of amides is 1. The Balaban J connectivity index is 1.82. The Morgan fingerprint density at radius 2 is 1.91 bits per heavy atom. The maximum Gasteiger partial charge on any atom is 0.243 e. The lowest BCUT2D eigenvalue weighted by atomic mass is 10.3. The molecular weight excluding hydrogens is 484 g/mol. The van der Waals surface area contributed by atoms with E-state index in [-0.39, 0.29) is 16.6 Å². The van der Waals surface area contributed by atoms with Crippen LogP contribution in [-0.2, 0) is 21.4 Å². The van der Waals surface area contributed by atoms with Gasteiger partial charge in [-0.25, -0.2) is 13.4 Å². The van der Waals surface area contributed by atoms with Crippen molar-refractivity contribution in [3.05, 3.63) is 41.4 Å². The van der Waals surface area contributed by atoms with Crippen molar-refractivity contribution in [2.45, 2.75) is 37.4 Å². The number of rotatable bonds is 10. The zero-order valence-electron chi connectivity index (χ0n) is 19.0. The summed E-state index contributed by atoms with van der Waals surface area (Å²) in [5.74, 6) is 0.393. The maximum absolute atomic E-state index is 12.9. The molecule has 0 unspecified atom stereocenters. The summed E-state index contributed by atoms with van der Waals surface area (Å²) in [6.07, 6.45) is 0. The van der Waals surface area contributed by atoms with Crippen molar-refractivity contribution >= 4 is 56.0 Å². The van der Waals surface area contributed by atoms with E-state index >= 15 is 0 Å². The fraction of sp³-hybridized carbons (Fsp3) is 0.364. The molecule has 3 aromatic rings. The first kappa shape index (κ1) is 25.4. The minimum Gasteiger partial charge on any atom is -0.495 e. The van der Waals surface area contributed by atoms with Crippen molar-refractivity contribution in [1.29, 1.82) is 0 Å². The number of hydrogen-bond donors (Lipinski definition) is 1. The second-order valence-corrected chi connectivity index (χ2v) is 10.4. The first-order valence-electron chi connectivity index (χ1n) is 10.5. The van der Waals surface area contributed by atoms with Crippen molar-refractivity contribution < 1.29 is 17.9 Å². The van der Waals surface area contributed by atoms with E-state index < -0.39 is 10.0 Å². The number of hydrogen-bond acceptors (Lipinski definition) is 6. The number of nitrogens with one attached hydrogen (secondary N) is 1. The van der Waals surface area contributed by atoms with Gasteiger partial charge in [0.25, 0.3) is 0 Å². The first-order chi connectivity index (χ1) is 15.7. The van der Waals surface area contributed by atoms with E-state index in [0.717, 1.165) is 5.52 Å². The van der Waals surface area contributed by atoms with E-state index in [9.17, 15) is 13.2 Å². The summed E-state index contributed by atoms with van der Waals surface area (Å²) in [7, 11) is -2.06. The first-order valence-corrected chi connectivity index (χ1v) is 13.3. The quantitative estimate of drug-likeness (QED) is 0.404. The molecule has 2 aromatic carbocycles. The van der Waals surface area contributed by atoms with Crippen LogP contribution in [0.3, 0.4) is 0 Å². The number of imidazole rings is 1. The third-order valence-corrected chi connectivity index (χ3v) is 8.37. The van der Waals surface area contributed by atoms with Crippen LogP contribution in [0.1, 0.15) is 20.8 Å². The number of aromatic nitrogens is 2. The minimum atomic E-state index is -3.58. The van der Waals surface area contributed by atoms with Gasteiger partial charge in [0.1, 0.15) is 5.75 Å². The molecule has 1 N–H and O–H groups in total. The number of benzene rings is 2. The van der Waals surface area contributed by atoms with Gasteiger partial charge in [0.05, 0.1) is 34.5 Å². The summed E-state index contributed by atoms with van der Waals surface area (Å²) in [5.41, 5.74) is 1.88. The molecule has 1 amide bonds. The smallest absolute Gasteiger partial charge is 0.243 e. The van der Waals surface area contributed by atoms with Crippen molar-refractivity contribution in [3.8, 4) is 5.75 Å². The summed E-state index contributed by atoms with van der Waals surface area (Å²) >= 11 is 7.30. The number of methoxy groups -OCH3 is 1. The third-order valence-electron chi connectivity index (χ3n) is 5.11. The highest BCUT2D eigenvalue weighted by atomic mass is 35.5. The lowest BCUT2D eigenvalue weighted by Crippen LogP contribution is -2.30. The Morgan fingerprint density at radius 1 is 1.18 bits per heavy atom. The van der Waals surface area contributed by atoms with Gasteiger partial charge < -0.3 is 14.6 Å². The highest BCUT2D eigenvalue weighted by Gasteiger charge is 2.23. The number of aryl methyl sites for hydroxylation is 1. The lowest BCUT2D eigenvalue weighted by Gasteiger charge is -2.18. The minimum absolute atomic E-state index is 0.115. The zero-order valence-corrected chi connectivity index (χ0v) is 21.4. The predicted molar refractivity (Wildman–Crippen MR) is 133 cm³/mol. The molecule has 0 bridgehead atoms.